The molecule has 0 bridgehead atoms. The van der Waals surface area contributed by atoms with Gasteiger partial charge in [0.2, 0.25) is 0 Å². The molecule has 0 saturated heterocycles. The smallest absolute Gasteiger partial charge is 0.122 e. The Morgan fingerprint density at radius 1 is 0.778 bits per heavy atom. The van der Waals surface area contributed by atoms with Crippen molar-refractivity contribution in [3.05, 3.63) is 29.3 Å². The predicted octanol–water partition coefficient (Wildman–Crippen LogP) is 7.07. The lowest BCUT2D eigenvalue weighted by molar-refractivity contribution is -0.171. The molecule has 0 radical (unpaired) electrons. The number of rotatable bonds is 17. The molecule has 27 heavy (non-hydrogen) atoms. The minimum atomic E-state index is 0.631. The van der Waals surface area contributed by atoms with Crippen LogP contribution in [0.15, 0.2) is 18.2 Å². The second-order valence-corrected chi connectivity index (χ2v) is 7.63. The number of nitrogens with zero attached hydrogens (tertiary/aromatic N) is 1. The number of unbranched alkanes of at least 4 members (excludes halogenated alkanes) is 7. The van der Waals surface area contributed by atoms with Crippen LogP contribution >= 0.6 is 0 Å². The molecule has 0 spiro atoms. The largest absolute Gasteiger partial charge is 0.493 e. The molecule has 0 aliphatic heterocycles. The van der Waals surface area contributed by atoms with Crippen LogP contribution in [0.25, 0.3) is 0 Å². The lowest BCUT2D eigenvalue weighted by Crippen LogP contribution is -2.26. The van der Waals surface area contributed by atoms with Crippen molar-refractivity contribution in [1.82, 2.24) is 5.06 Å². The summed E-state index contributed by atoms with van der Waals surface area (Å²) in [6, 6.07) is 6.46. The van der Waals surface area contributed by atoms with Crippen molar-refractivity contribution in [3.63, 3.8) is 0 Å². The summed E-state index contributed by atoms with van der Waals surface area (Å²) in [5.41, 5.74) is 2.39. The van der Waals surface area contributed by atoms with Gasteiger partial charge < -0.3 is 4.74 Å². The molecule has 0 saturated carbocycles. The van der Waals surface area contributed by atoms with Gasteiger partial charge in [-0.05, 0) is 43.4 Å². The minimum Gasteiger partial charge on any atom is -0.493 e. The van der Waals surface area contributed by atoms with E-state index in [2.05, 4.69) is 51.0 Å². The number of hydrogen-bond acceptors (Lipinski definition) is 3. The molecule has 1 rings (SSSR count). The molecule has 1 aromatic rings. The van der Waals surface area contributed by atoms with Crippen molar-refractivity contribution in [1.29, 1.82) is 0 Å². The SMILES string of the molecule is CCCCCCN(CCCCCC)OCc1ccc(C)c(OCCCC)c1. The first-order valence-electron chi connectivity index (χ1n) is 11.3. The van der Waals surface area contributed by atoms with Gasteiger partial charge in [0.15, 0.2) is 0 Å². The number of aryl methyl sites for hydroxylation is 1. The second-order valence-electron chi connectivity index (χ2n) is 7.63. The predicted molar refractivity (Wildman–Crippen MR) is 116 cm³/mol. The fourth-order valence-electron chi connectivity index (χ4n) is 3.05. The van der Waals surface area contributed by atoms with Gasteiger partial charge in [-0.25, -0.2) is 0 Å². The molecule has 0 fully saturated rings. The molecule has 0 amide bonds. The fourth-order valence-corrected chi connectivity index (χ4v) is 3.05. The van der Waals surface area contributed by atoms with E-state index < -0.39 is 0 Å². The van der Waals surface area contributed by atoms with E-state index in [9.17, 15) is 0 Å². The van der Waals surface area contributed by atoms with Gasteiger partial charge in [0.1, 0.15) is 5.75 Å². The quantitative estimate of drug-likeness (QED) is 0.214. The Morgan fingerprint density at radius 2 is 1.41 bits per heavy atom. The summed E-state index contributed by atoms with van der Waals surface area (Å²) in [6.45, 7) is 12.3. The van der Waals surface area contributed by atoms with Gasteiger partial charge in [-0.2, -0.15) is 5.06 Å². The van der Waals surface area contributed by atoms with Gasteiger partial charge in [-0.1, -0.05) is 77.8 Å². The summed E-state index contributed by atoms with van der Waals surface area (Å²) < 4.78 is 5.94. The van der Waals surface area contributed by atoms with E-state index in [1.807, 2.05) is 0 Å². The maximum atomic E-state index is 6.19. The van der Waals surface area contributed by atoms with Crippen molar-refractivity contribution >= 4 is 0 Å². The third kappa shape index (κ3) is 11.4. The molecule has 0 aliphatic rings. The van der Waals surface area contributed by atoms with Crippen LogP contribution in [0.3, 0.4) is 0 Å². The van der Waals surface area contributed by atoms with Crippen LogP contribution < -0.4 is 4.74 Å². The Kier molecular flexibility index (Phi) is 14.2. The van der Waals surface area contributed by atoms with Gasteiger partial charge in [0.05, 0.1) is 13.2 Å². The molecule has 0 N–H and O–H groups in total. The molecule has 3 nitrogen and oxygen atoms in total. The molecule has 0 unspecified atom stereocenters. The molecule has 0 atom stereocenters. The molecule has 3 heteroatoms. The van der Waals surface area contributed by atoms with Gasteiger partial charge in [-0.15, -0.1) is 0 Å². The normalized spacial score (nSPS) is 11.3. The zero-order valence-electron chi connectivity index (χ0n) is 18.4. The lowest BCUT2D eigenvalue weighted by atomic mass is 10.1. The first-order valence-corrected chi connectivity index (χ1v) is 11.3. The van der Waals surface area contributed by atoms with Crippen LogP contribution in [0.4, 0.5) is 0 Å². The number of hydrogen-bond donors (Lipinski definition) is 0. The van der Waals surface area contributed by atoms with E-state index in [-0.39, 0.29) is 0 Å². The van der Waals surface area contributed by atoms with Crippen LogP contribution in [0.5, 0.6) is 5.75 Å². The second kappa shape index (κ2) is 15.9. The van der Waals surface area contributed by atoms with E-state index in [1.165, 1.54) is 62.5 Å². The first kappa shape index (κ1) is 24.0. The average molecular weight is 378 g/mol. The van der Waals surface area contributed by atoms with Crippen LogP contribution in [0.1, 0.15) is 96.1 Å². The zero-order chi connectivity index (χ0) is 19.7. The summed E-state index contributed by atoms with van der Waals surface area (Å²) in [4.78, 5) is 6.19. The number of hydroxylamine groups is 2. The number of ether oxygens (including phenoxy) is 1. The molecule has 1 aromatic carbocycles. The van der Waals surface area contributed by atoms with Gasteiger partial charge in [0, 0.05) is 13.1 Å². The highest BCUT2D eigenvalue weighted by atomic mass is 16.7. The lowest BCUT2D eigenvalue weighted by Gasteiger charge is -2.22. The van der Waals surface area contributed by atoms with Crippen molar-refractivity contribution < 1.29 is 9.57 Å². The summed E-state index contributed by atoms with van der Waals surface area (Å²) >= 11 is 0. The third-order valence-corrected chi connectivity index (χ3v) is 4.94. The van der Waals surface area contributed by atoms with E-state index in [4.69, 9.17) is 9.57 Å². The Bertz CT molecular complexity index is 463. The summed E-state index contributed by atoms with van der Waals surface area (Å²) in [6.07, 6.45) is 12.5. The van der Waals surface area contributed by atoms with Crippen LogP contribution in [-0.4, -0.2) is 24.8 Å². The van der Waals surface area contributed by atoms with Crippen molar-refractivity contribution in [2.45, 2.75) is 98.5 Å². The zero-order valence-corrected chi connectivity index (χ0v) is 18.4. The maximum absolute atomic E-state index is 6.19. The standard InChI is InChI=1S/C24H43NO2/c1-5-8-11-13-17-25(18-14-12-9-6-2)27-21-23-16-15-22(4)24(20-23)26-19-10-7-3/h15-16,20H,5-14,17-19,21H2,1-4H3. The molecular weight excluding hydrogens is 334 g/mol. The summed E-state index contributed by atoms with van der Waals surface area (Å²) in [5, 5.41) is 2.20. The van der Waals surface area contributed by atoms with E-state index >= 15 is 0 Å². The Labute approximate surface area is 168 Å². The topological polar surface area (TPSA) is 21.7 Å². The minimum absolute atomic E-state index is 0.631. The highest BCUT2D eigenvalue weighted by molar-refractivity contribution is 5.36. The first-order chi connectivity index (χ1) is 13.2. The Hall–Kier alpha value is -1.06. The monoisotopic (exact) mass is 377 g/mol. The summed E-state index contributed by atoms with van der Waals surface area (Å²) in [7, 11) is 0. The highest BCUT2D eigenvalue weighted by Gasteiger charge is 2.08. The molecule has 0 aliphatic carbocycles. The number of benzene rings is 1. The van der Waals surface area contributed by atoms with Crippen molar-refractivity contribution in [2.75, 3.05) is 19.7 Å². The molecule has 0 heterocycles. The summed E-state index contributed by atoms with van der Waals surface area (Å²) in [5.74, 6) is 1.00. The van der Waals surface area contributed by atoms with Crippen LogP contribution in [0, 0.1) is 6.92 Å². The Morgan fingerprint density at radius 3 is 2.00 bits per heavy atom. The van der Waals surface area contributed by atoms with Gasteiger partial charge in [-0.3, -0.25) is 4.84 Å². The van der Waals surface area contributed by atoms with Crippen LogP contribution in [0.2, 0.25) is 0 Å². The maximum Gasteiger partial charge on any atom is 0.122 e. The van der Waals surface area contributed by atoms with Crippen molar-refractivity contribution in [3.8, 4) is 5.75 Å². The average Bonchev–Trinajstić information content (AvgIpc) is 2.68. The van der Waals surface area contributed by atoms with Crippen molar-refractivity contribution in [2.24, 2.45) is 0 Å². The van der Waals surface area contributed by atoms with Gasteiger partial charge in [0.25, 0.3) is 0 Å². The Balaban J connectivity index is 2.51. The third-order valence-electron chi connectivity index (χ3n) is 4.94. The fraction of sp³-hybridized carbons (Fsp3) is 0.750. The highest BCUT2D eigenvalue weighted by Crippen LogP contribution is 2.21. The van der Waals surface area contributed by atoms with E-state index in [0.29, 0.717) is 6.61 Å². The molecule has 156 valence electrons. The molecule has 0 aromatic heterocycles. The van der Waals surface area contributed by atoms with E-state index in [1.54, 1.807) is 0 Å². The van der Waals surface area contributed by atoms with Gasteiger partial charge >= 0.3 is 0 Å². The molecular formula is C24H43NO2. The van der Waals surface area contributed by atoms with Crippen LogP contribution in [-0.2, 0) is 11.4 Å². The van der Waals surface area contributed by atoms with E-state index in [0.717, 1.165) is 38.3 Å².